The van der Waals surface area contributed by atoms with E-state index in [1.807, 2.05) is 55.4 Å². The molecular weight excluding hydrogens is 338 g/mol. The van der Waals surface area contributed by atoms with Crippen LogP contribution in [0.25, 0.3) is 0 Å². The van der Waals surface area contributed by atoms with Gasteiger partial charge in [-0.15, -0.1) is 0 Å². The third-order valence-electron chi connectivity index (χ3n) is 3.63. The lowest BCUT2D eigenvalue weighted by atomic mass is 10.3. The summed E-state index contributed by atoms with van der Waals surface area (Å²) < 4.78 is 7.55. The lowest BCUT2D eigenvalue weighted by Gasteiger charge is -2.22. The Hall–Kier alpha value is -2.21. The minimum Gasteiger partial charge on any atom is -0.492 e. The Kier molecular flexibility index (Phi) is 7.60. The summed E-state index contributed by atoms with van der Waals surface area (Å²) in [6.07, 6.45) is 4.77. The number of nitrogens with zero attached hydrogens (tertiary/aromatic N) is 4. The van der Waals surface area contributed by atoms with Crippen molar-refractivity contribution in [2.24, 2.45) is 12.0 Å². The van der Waals surface area contributed by atoms with E-state index < -0.39 is 0 Å². The molecule has 1 heterocycles. The Labute approximate surface area is 154 Å². The third kappa shape index (κ3) is 6.66. The fourth-order valence-electron chi connectivity index (χ4n) is 2.30. The number of rotatable bonds is 8. The maximum Gasteiger partial charge on any atom is 0.193 e. The molecule has 0 bridgehead atoms. The lowest BCUT2D eigenvalue weighted by molar-refractivity contribution is 0.281. The molecule has 0 aliphatic carbocycles. The Morgan fingerprint density at radius 2 is 2.12 bits per heavy atom. The molecule has 0 atom stereocenters. The van der Waals surface area contributed by atoms with E-state index in [-0.39, 0.29) is 0 Å². The first-order valence-corrected chi connectivity index (χ1v) is 8.81. The van der Waals surface area contributed by atoms with Crippen molar-refractivity contribution in [1.82, 2.24) is 20.0 Å². The molecule has 0 fully saturated rings. The summed E-state index contributed by atoms with van der Waals surface area (Å²) in [6.45, 7) is 4.92. The number of aryl methyl sites for hydroxylation is 1. The number of aromatic nitrogens is 2. The summed E-state index contributed by atoms with van der Waals surface area (Å²) >= 11 is 5.87. The number of guanidine groups is 1. The highest BCUT2D eigenvalue weighted by Crippen LogP contribution is 2.15. The molecule has 25 heavy (non-hydrogen) atoms. The zero-order chi connectivity index (χ0) is 18.1. The highest BCUT2D eigenvalue weighted by Gasteiger charge is 2.06. The van der Waals surface area contributed by atoms with E-state index in [9.17, 15) is 0 Å². The maximum atomic E-state index is 5.87. The van der Waals surface area contributed by atoms with Gasteiger partial charge in [0, 0.05) is 38.4 Å². The van der Waals surface area contributed by atoms with E-state index in [4.69, 9.17) is 16.3 Å². The predicted molar refractivity (Wildman–Crippen MR) is 102 cm³/mol. The van der Waals surface area contributed by atoms with Crippen LogP contribution in [-0.2, 0) is 13.5 Å². The topological polar surface area (TPSA) is 54.7 Å². The first kappa shape index (κ1) is 19.1. The Balaban J connectivity index is 1.80. The number of hydrogen-bond donors (Lipinski definition) is 1. The van der Waals surface area contributed by atoms with Crippen molar-refractivity contribution in [3.05, 3.63) is 47.2 Å². The van der Waals surface area contributed by atoms with E-state index in [1.165, 1.54) is 5.56 Å². The zero-order valence-electron chi connectivity index (χ0n) is 15.1. The molecule has 0 aliphatic rings. The zero-order valence-corrected chi connectivity index (χ0v) is 15.8. The number of likely N-dealkylation sites (N-methyl/N-ethyl adjacent to an activating group) is 1. The van der Waals surface area contributed by atoms with Crippen LogP contribution in [0.5, 0.6) is 5.75 Å². The van der Waals surface area contributed by atoms with Gasteiger partial charge in [0.1, 0.15) is 12.4 Å². The van der Waals surface area contributed by atoms with Crippen LogP contribution >= 0.6 is 11.6 Å². The fourth-order valence-corrected chi connectivity index (χ4v) is 2.42. The Bertz CT molecular complexity index is 668. The first-order valence-electron chi connectivity index (χ1n) is 8.44. The van der Waals surface area contributed by atoms with Crippen LogP contribution < -0.4 is 10.1 Å². The van der Waals surface area contributed by atoms with Gasteiger partial charge in [0.15, 0.2) is 5.96 Å². The molecule has 6 nitrogen and oxygen atoms in total. The standard InChI is InChI=1S/C18H26ClN5O/c1-4-20-18(21-10-9-15-13-22-24(3)14-15)23(2)11-12-25-17-7-5-16(19)6-8-17/h5-8,13-14H,4,9-12H2,1-3H3,(H,20,21). The molecule has 0 unspecified atom stereocenters. The molecule has 0 radical (unpaired) electrons. The van der Waals surface area contributed by atoms with Gasteiger partial charge in [-0.2, -0.15) is 5.10 Å². The number of halogens is 1. The Morgan fingerprint density at radius 3 is 2.76 bits per heavy atom. The predicted octanol–water partition coefficient (Wildman–Crippen LogP) is 2.59. The second-order valence-electron chi connectivity index (χ2n) is 5.73. The SMILES string of the molecule is CCNC(=NCCc1cnn(C)c1)N(C)CCOc1ccc(Cl)cc1. The van der Waals surface area contributed by atoms with Crippen molar-refractivity contribution in [2.75, 3.05) is 33.3 Å². The van der Waals surface area contributed by atoms with Crippen LogP contribution in [0.15, 0.2) is 41.7 Å². The van der Waals surface area contributed by atoms with E-state index >= 15 is 0 Å². The van der Waals surface area contributed by atoms with E-state index in [0.29, 0.717) is 11.6 Å². The number of ether oxygens (including phenoxy) is 1. The van der Waals surface area contributed by atoms with Gasteiger partial charge in [0.2, 0.25) is 0 Å². The van der Waals surface area contributed by atoms with Crippen LogP contribution in [0.4, 0.5) is 0 Å². The second kappa shape index (κ2) is 9.93. The monoisotopic (exact) mass is 363 g/mol. The largest absolute Gasteiger partial charge is 0.492 e. The molecule has 1 N–H and O–H groups in total. The van der Waals surface area contributed by atoms with Crippen molar-refractivity contribution in [2.45, 2.75) is 13.3 Å². The summed E-state index contributed by atoms with van der Waals surface area (Å²) in [6, 6.07) is 7.39. The van der Waals surface area contributed by atoms with Crippen LogP contribution in [-0.4, -0.2) is 53.9 Å². The van der Waals surface area contributed by atoms with Crippen molar-refractivity contribution < 1.29 is 4.74 Å². The molecule has 1 aromatic heterocycles. The van der Waals surface area contributed by atoms with Crippen LogP contribution in [0.1, 0.15) is 12.5 Å². The van der Waals surface area contributed by atoms with Gasteiger partial charge in [-0.3, -0.25) is 9.67 Å². The van der Waals surface area contributed by atoms with Gasteiger partial charge < -0.3 is 15.0 Å². The van der Waals surface area contributed by atoms with Crippen molar-refractivity contribution in [3.8, 4) is 5.75 Å². The van der Waals surface area contributed by atoms with Gasteiger partial charge in [0.05, 0.1) is 12.7 Å². The van der Waals surface area contributed by atoms with Gasteiger partial charge in [-0.05, 0) is 43.2 Å². The summed E-state index contributed by atoms with van der Waals surface area (Å²) in [5, 5.41) is 8.20. The highest BCUT2D eigenvalue weighted by molar-refractivity contribution is 6.30. The normalized spacial score (nSPS) is 11.4. The van der Waals surface area contributed by atoms with Crippen molar-refractivity contribution >= 4 is 17.6 Å². The van der Waals surface area contributed by atoms with E-state index in [1.54, 1.807) is 0 Å². The van der Waals surface area contributed by atoms with Crippen LogP contribution in [0.3, 0.4) is 0 Å². The molecule has 0 spiro atoms. The van der Waals surface area contributed by atoms with E-state index in [2.05, 4.69) is 27.2 Å². The summed E-state index contributed by atoms with van der Waals surface area (Å²) in [5.41, 5.74) is 1.19. The lowest BCUT2D eigenvalue weighted by Crippen LogP contribution is -2.41. The smallest absolute Gasteiger partial charge is 0.193 e. The number of hydrogen-bond acceptors (Lipinski definition) is 3. The average molecular weight is 364 g/mol. The number of aliphatic imine (C=N–C) groups is 1. The highest BCUT2D eigenvalue weighted by atomic mass is 35.5. The van der Waals surface area contributed by atoms with Gasteiger partial charge in [-0.25, -0.2) is 0 Å². The molecule has 0 saturated heterocycles. The Morgan fingerprint density at radius 1 is 1.36 bits per heavy atom. The molecule has 0 aliphatic heterocycles. The first-order chi connectivity index (χ1) is 12.1. The van der Waals surface area contributed by atoms with E-state index in [0.717, 1.165) is 37.8 Å². The fraction of sp³-hybridized carbons (Fsp3) is 0.444. The molecule has 0 saturated carbocycles. The minimum absolute atomic E-state index is 0.575. The number of benzene rings is 1. The van der Waals surface area contributed by atoms with Crippen LogP contribution in [0.2, 0.25) is 5.02 Å². The molecule has 136 valence electrons. The molecule has 7 heteroatoms. The molecule has 2 aromatic rings. The number of nitrogens with one attached hydrogen (secondary N) is 1. The third-order valence-corrected chi connectivity index (χ3v) is 3.88. The summed E-state index contributed by atoms with van der Waals surface area (Å²) in [5.74, 6) is 1.70. The average Bonchev–Trinajstić information content (AvgIpc) is 3.01. The van der Waals surface area contributed by atoms with Crippen LogP contribution in [0, 0.1) is 0 Å². The van der Waals surface area contributed by atoms with Crippen molar-refractivity contribution in [3.63, 3.8) is 0 Å². The van der Waals surface area contributed by atoms with Gasteiger partial charge in [0.25, 0.3) is 0 Å². The van der Waals surface area contributed by atoms with Crippen molar-refractivity contribution in [1.29, 1.82) is 0 Å². The molecule has 2 rings (SSSR count). The molecular formula is C18H26ClN5O. The quantitative estimate of drug-likeness (QED) is 0.578. The summed E-state index contributed by atoms with van der Waals surface area (Å²) in [7, 11) is 3.93. The van der Waals surface area contributed by atoms with Gasteiger partial charge in [-0.1, -0.05) is 11.6 Å². The maximum absolute atomic E-state index is 5.87. The van der Waals surface area contributed by atoms with Gasteiger partial charge >= 0.3 is 0 Å². The minimum atomic E-state index is 0.575. The molecule has 1 aromatic carbocycles. The summed E-state index contributed by atoms with van der Waals surface area (Å²) in [4.78, 5) is 6.75. The molecule has 0 amide bonds. The second-order valence-corrected chi connectivity index (χ2v) is 6.17.